The van der Waals surface area contributed by atoms with E-state index in [9.17, 15) is 13.6 Å². The van der Waals surface area contributed by atoms with Crippen LogP contribution in [0.25, 0.3) is 0 Å². The highest BCUT2D eigenvalue weighted by Crippen LogP contribution is 2.11. The average molecular weight is 284 g/mol. The Labute approximate surface area is 119 Å². The van der Waals surface area contributed by atoms with Gasteiger partial charge < -0.3 is 10.2 Å². The van der Waals surface area contributed by atoms with Crippen molar-refractivity contribution >= 4 is 6.03 Å². The number of benzene rings is 1. The summed E-state index contributed by atoms with van der Waals surface area (Å²) in [6, 6.07) is 3.13. The lowest BCUT2D eigenvalue weighted by Crippen LogP contribution is -2.37. The summed E-state index contributed by atoms with van der Waals surface area (Å²) < 4.78 is 26.2. The first-order valence-corrected chi connectivity index (χ1v) is 6.97. The molecule has 0 heterocycles. The topological polar surface area (TPSA) is 32.3 Å². The molecular weight excluding hydrogens is 262 g/mol. The first kappa shape index (κ1) is 16.4. The Morgan fingerprint density at radius 1 is 1.25 bits per heavy atom. The lowest BCUT2D eigenvalue weighted by atomic mass is 10.2. The molecule has 5 heteroatoms. The van der Waals surface area contributed by atoms with Crippen molar-refractivity contribution in [2.45, 2.75) is 39.2 Å². The van der Waals surface area contributed by atoms with Crippen LogP contribution in [0.3, 0.4) is 0 Å². The summed E-state index contributed by atoms with van der Waals surface area (Å²) in [6.07, 6.45) is 4.34. The summed E-state index contributed by atoms with van der Waals surface area (Å²) in [5, 5.41) is 2.78. The van der Waals surface area contributed by atoms with E-state index in [1.165, 1.54) is 17.0 Å². The van der Waals surface area contributed by atoms with Gasteiger partial charge in [-0.15, -0.1) is 0 Å². The van der Waals surface area contributed by atoms with E-state index in [1.54, 1.807) is 7.05 Å². The number of nitrogens with one attached hydrogen (secondary N) is 1. The summed E-state index contributed by atoms with van der Waals surface area (Å²) >= 11 is 0. The van der Waals surface area contributed by atoms with E-state index < -0.39 is 11.6 Å². The van der Waals surface area contributed by atoms with Gasteiger partial charge in [-0.3, -0.25) is 0 Å². The van der Waals surface area contributed by atoms with Crippen molar-refractivity contribution in [3.63, 3.8) is 0 Å². The van der Waals surface area contributed by atoms with Crippen LogP contribution in [-0.2, 0) is 6.54 Å². The van der Waals surface area contributed by atoms with E-state index in [2.05, 4.69) is 12.2 Å². The van der Waals surface area contributed by atoms with E-state index in [4.69, 9.17) is 0 Å². The second-order valence-corrected chi connectivity index (χ2v) is 4.88. The molecule has 1 rings (SSSR count). The zero-order valence-electron chi connectivity index (χ0n) is 12.1. The second kappa shape index (κ2) is 8.51. The van der Waals surface area contributed by atoms with Gasteiger partial charge in [-0.1, -0.05) is 32.3 Å². The second-order valence-electron chi connectivity index (χ2n) is 4.88. The van der Waals surface area contributed by atoms with Crippen molar-refractivity contribution in [2.24, 2.45) is 0 Å². The van der Waals surface area contributed by atoms with Crippen LogP contribution in [0.1, 0.15) is 38.2 Å². The molecule has 2 amide bonds. The fourth-order valence-corrected chi connectivity index (χ4v) is 1.86. The van der Waals surface area contributed by atoms with Gasteiger partial charge in [-0.25, -0.2) is 13.6 Å². The SMILES string of the molecule is CCCCCCNC(=O)N(C)Cc1ccc(F)cc1F. The fraction of sp³-hybridized carbons (Fsp3) is 0.533. The van der Waals surface area contributed by atoms with E-state index >= 15 is 0 Å². The third-order valence-corrected chi connectivity index (χ3v) is 3.08. The summed E-state index contributed by atoms with van der Waals surface area (Å²) in [5.41, 5.74) is 0.301. The van der Waals surface area contributed by atoms with Crippen molar-refractivity contribution in [3.8, 4) is 0 Å². The van der Waals surface area contributed by atoms with E-state index in [-0.39, 0.29) is 12.6 Å². The Hall–Kier alpha value is -1.65. The van der Waals surface area contributed by atoms with Gasteiger partial charge in [0, 0.05) is 31.8 Å². The molecule has 0 saturated carbocycles. The monoisotopic (exact) mass is 284 g/mol. The molecule has 0 aliphatic carbocycles. The Balaban J connectivity index is 2.37. The highest BCUT2D eigenvalue weighted by atomic mass is 19.1. The molecule has 1 N–H and O–H groups in total. The van der Waals surface area contributed by atoms with E-state index in [0.29, 0.717) is 12.1 Å². The van der Waals surface area contributed by atoms with Gasteiger partial charge in [-0.05, 0) is 12.5 Å². The van der Waals surface area contributed by atoms with Crippen LogP contribution in [0.2, 0.25) is 0 Å². The Bertz CT molecular complexity index is 438. The summed E-state index contributed by atoms with van der Waals surface area (Å²) in [6.45, 7) is 2.87. The maximum Gasteiger partial charge on any atom is 0.317 e. The molecule has 0 aromatic heterocycles. The number of halogens is 2. The third kappa shape index (κ3) is 5.55. The molecule has 0 unspecified atom stereocenters. The summed E-state index contributed by atoms with van der Waals surface area (Å²) in [5.74, 6) is -1.25. The molecule has 0 fully saturated rings. The molecule has 0 spiro atoms. The maximum atomic E-state index is 13.5. The van der Waals surface area contributed by atoms with E-state index in [1.807, 2.05) is 0 Å². The first-order chi connectivity index (χ1) is 9.54. The Morgan fingerprint density at radius 3 is 2.65 bits per heavy atom. The quantitative estimate of drug-likeness (QED) is 0.761. The van der Waals surface area contributed by atoms with Crippen LogP contribution in [0.15, 0.2) is 18.2 Å². The molecule has 0 aliphatic heterocycles. The number of amides is 2. The smallest absolute Gasteiger partial charge is 0.317 e. The lowest BCUT2D eigenvalue weighted by molar-refractivity contribution is 0.206. The number of urea groups is 1. The predicted molar refractivity (Wildman–Crippen MR) is 75.4 cm³/mol. The third-order valence-electron chi connectivity index (χ3n) is 3.08. The minimum Gasteiger partial charge on any atom is -0.338 e. The summed E-state index contributed by atoms with van der Waals surface area (Å²) in [4.78, 5) is 13.2. The normalized spacial score (nSPS) is 10.4. The molecule has 3 nitrogen and oxygen atoms in total. The molecule has 0 saturated heterocycles. The van der Waals surface area contributed by atoms with Crippen molar-refractivity contribution in [3.05, 3.63) is 35.4 Å². The standard InChI is InChI=1S/C15H22F2N2O/c1-3-4-5-6-9-18-15(20)19(2)11-12-7-8-13(16)10-14(12)17/h7-8,10H,3-6,9,11H2,1-2H3,(H,18,20). The molecular formula is C15H22F2N2O. The van der Waals surface area contributed by atoms with Gasteiger partial charge in [0.05, 0.1) is 0 Å². The highest BCUT2D eigenvalue weighted by molar-refractivity contribution is 5.73. The van der Waals surface area contributed by atoms with Gasteiger partial charge in [-0.2, -0.15) is 0 Å². The van der Waals surface area contributed by atoms with Crippen LogP contribution in [-0.4, -0.2) is 24.5 Å². The molecule has 112 valence electrons. The van der Waals surface area contributed by atoms with Gasteiger partial charge in [0.2, 0.25) is 0 Å². The number of carbonyl (C=O) groups is 1. The largest absolute Gasteiger partial charge is 0.338 e. The van der Waals surface area contributed by atoms with Crippen LogP contribution >= 0.6 is 0 Å². The lowest BCUT2D eigenvalue weighted by Gasteiger charge is -2.18. The van der Waals surface area contributed by atoms with Crippen LogP contribution in [0.5, 0.6) is 0 Å². The zero-order chi connectivity index (χ0) is 15.0. The van der Waals surface area contributed by atoms with Crippen molar-refractivity contribution in [1.29, 1.82) is 0 Å². The number of hydrogen-bond donors (Lipinski definition) is 1. The van der Waals surface area contributed by atoms with Crippen LogP contribution < -0.4 is 5.32 Å². The number of unbranched alkanes of at least 4 members (excludes halogenated alkanes) is 3. The molecule has 0 radical (unpaired) electrons. The molecule has 20 heavy (non-hydrogen) atoms. The van der Waals surface area contributed by atoms with E-state index in [0.717, 1.165) is 31.7 Å². The van der Waals surface area contributed by atoms with Crippen LogP contribution in [0.4, 0.5) is 13.6 Å². The molecule has 0 bridgehead atoms. The minimum atomic E-state index is -0.632. The minimum absolute atomic E-state index is 0.118. The van der Waals surface area contributed by atoms with Gasteiger partial charge in [0.1, 0.15) is 11.6 Å². The maximum absolute atomic E-state index is 13.5. The molecule has 1 aromatic rings. The zero-order valence-corrected chi connectivity index (χ0v) is 12.1. The van der Waals surface area contributed by atoms with Gasteiger partial charge in [0.15, 0.2) is 0 Å². The highest BCUT2D eigenvalue weighted by Gasteiger charge is 2.11. The fourth-order valence-electron chi connectivity index (χ4n) is 1.86. The Kier molecular flexibility index (Phi) is 6.98. The van der Waals surface area contributed by atoms with Crippen molar-refractivity contribution in [2.75, 3.05) is 13.6 Å². The average Bonchev–Trinajstić information content (AvgIpc) is 2.41. The van der Waals surface area contributed by atoms with Gasteiger partial charge in [0.25, 0.3) is 0 Å². The number of carbonyl (C=O) groups excluding carboxylic acids is 1. The number of hydrogen-bond acceptors (Lipinski definition) is 1. The van der Waals surface area contributed by atoms with Crippen LogP contribution in [0, 0.1) is 11.6 Å². The number of nitrogens with zero attached hydrogens (tertiary/aromatic N) is 1. The Morgan fingerprint density at radius 2 is 2.00 bits per heavy atom. The molecule has 0 aliphatic rings. The van der Waals surface area contributed by atoms with Crippen molar-refractivity contribution in [1.82, 2.24) is 10.2 Å². The predicted octanol–water partition coefficient (Wildman–Crippen LogP) is 3.69. The van der Waals surface area contributed by atoms with Crippen molar-refractivity contribution < 1.29 is 13.6 Å². The molecule has 1 aromatic carbocycles. The number of rotatable bonds is 7. The first-order valence-electron chi connectivity index (χ1n) is 6.97. The molecule has 0 atom stereocenters. The summed E-state index contributed by atoms with van der Waals surface area (Å²) in [7, 11) is 1.59. The van der Waals surface area contributed by atoms with Gasteiger partial charge >= 0.3 is 6.03 Å².